The number of aliphatic hydroxyl groups is 1. The zero-order chi connectivity index (χ0) is 11.2. The van der Waals surface area contributed by atoms with Crippen LogP contribution < -0.4 is 0 Å². The maximum absolute atomic E-state index is 9.86. The zero-order valence-corrected chi connectivity index (χ0v) is 11.4. The van der Waals surface area contributed by atoms with Crippen molar-refractivity contribution in [3.8, 4) is 0 Å². The Kier molecular flexibility index (Phi) is 6.37. The lowest BCUT2D eigenvalue weighted by atomic mass is 10.0. The molecule has 0 amide bonds. The minimum Gasteiger partial charge on any atom is -0.389 e. The first kappa shape index (κ1) is 13.9. The van der Waals surface area contributed by atoms with Crippen LogP contribution in [0, 0.1) is 0 Å². The van der Waals surface area contributed by atoms with Gasteiger partial charge < -0.3 is 5.11 Å². The lowest BCUT2D eigenvalue weighted by molar-refractivity contribution is 0.202. The molecule has 84 valence electrons. The van der Waals surface area contributed by atoms with E-state index in [4.69, 9.17) is 0 Å². The van der Waals surface area contributed by atoms with Crippen LogP contribution in [0.2, 0.25) is 19.6 Å². The fourth-order valence-corrected chi connectivity index (χ4v) is 2.98. The number of hydrogen-bond acceptors (Lipinski definition) is 1. The predicted octanol–water partition coefficient (Wildman–Crippen LogP) is 3.75. The summed E-state index contributed by atoms with van der Waals surface area (Å²) < 4.78 is 0. The highest BCUT2D eigenvalue weighted by Crippen LogP contribution is 2.18. The van der Waals surface area contributed by atoms with Crippen molar-refractivity contribution in [2.45, 2.75) is 65.3 Å². The van der Waals surface area contributed by atoms with Crippen molar-refractivity contribution >= 4 is 8.07 Å². The Labute approximate surface area is 90.2 Å². The summed E-state index contributed by atoms with van der Waals surface area (Å²) in [4.78, 5) is 0. The number of rotatable bonds is 6. The summed E-state index contributed by atoms with van der Waals surface area (Å²) in [5.74, 6) is 0. The second-order valence-electron chi connectivity index (χ2n) is 5.11. The van der Waals surface area contributed by atoms with Crippen molar-refractivity contribution in [2.24, 2.45) is 0 Å². The van der Waals surface area contributed by atoms with Gasteiger partial charge >= 0.3 is 0 Å². The molecule has 1 N–H and O–H groups in total. The molecule has 0 aliphatic carbocycles. The van der Waals surface area contributed by atoms with Gasteiger partial charge in [0, 0.05) is 0 Å². The molecular formula is C12H26OSi. The lowest BCUT2D eigenvalue weighted by Crippen LogP contribution is -2.20. The average Bonchev–Trinajstić information content (AvgIpc) is 2.09. The predicted molar refractivity (Wildman–Crippen MR) is 67.3 cm³/mol. The van der Waals surface area contributed by atoms with E-state index in [0.29, 0.717) is 0 Å². The summed E-state index contributed by atoms with van der Waals surface area (Å²) in [6.07, 6.45) is 4.14. The van der Waals surface area contributed by atoms with Crippen LogP contribution in [0.15, 0.2) is 11.3 Å². The molecule has 0 aromatic rings. The van der Waals surface area contributed by atoms with E-state index in [-0.39, 0.29) is 6.10 Å². The first-order valence-electron chi connectivity index (χ1n) is 5.80. The summed E-state index contributed by atoms with van der Waals surface area (Å²) in [6, 6.07) is 0. The van der Waals surface area contributed by atoms with E-state index in [1.54, 1.807) is 0 Å². The van der Waals surface area contributed by atoms with Crippen molar-refractivity contribution in [1.29, 1.82) is 0 Å². The van der Waals surface area contributed by atoms with Crippen LogP contribution in [0.25, 0.3) is 0 Å². The topological polar surface area (TPSA) is 20.2 Å². The van der Waals surface area contributed by atoms with E-state index in [0.717, 1.165) is 12.8 Å². The molecule has 1 atom stereocenters. The van der Waals surface area contributed by atoms with Crippen LogP contribution in [0.5, 0.6) is 0 Å². The molecule has 1 nitrogen and oxygen atoms in total. The van der Waals surface area contributed by atoms with Crippen molar-refractivity contribution in [1.82, 2.24) is 0 Å². The molecule has 0 saturated heterocycles. The van der Waals surface area contributed by atoms with Gasteiger partial charge in [0.05, 0.1) is 14.2 Å². The second kappa shape index (κ2) is 6.41. The third-order valence-electron chi connectivity index (χ3n) is 2.25. The SMILES string of the molecule is CCCC/C(=C/[Si](C)(C)C)C(O)CC. The first-order chi connectivity index (χ1) is 6.40. The molecule has 0 aromatic carbocycles. The maximum atomic E-state index is 9.86. The average molecular weight is 214 g/mol. The number of unbranched alkanes of at least 4 members (excludes halogenated alkanes) is 1. The summed E-state index contributed by atoms with van der Waals surface area (Å²) in [5.41, 5.74) is 3.66. The molecule has 0 bridgehead atoms. The second-order valence-corrected chi connectivity index (χ2v) is 10.1. The minimum absolute atomic E-state index is 0.201. The molecular weight excluding hydrogens is 188 g/mol. The van der Waals surface area contributed by atoms with Gasteiger partial charge in [-0.25, -0.2) is 0 Å². The van der Waals surface area contributed by atoms with Gasteiger partial charge in [-0.3, -0.25) is 0 Å². The molecule has 0 aromatic heterocycles. The fraction of sp³-hybridized carbons (Fsp3) is 0.833. The smallest absolute Gasteiger partial charge is 0.0743 e. The first-order valence-corrected chi connectivity index (χ1v) is 9.38. The van der Waals surface area contributed by atoms with Crippen LogP contribution in [0.1, 0.15) is 39.5 Å². The summed E-state index contributed by atoms with van der Waals surface area (Å²) in [6.45, 7) is 11.2. The molecule has 0 heterocycles. The van der Waals surface area contributed by atoms with Crippen molar-refractivity contribution in [3.05, 3.63) is 11.3 Å². The van der Waals surface area contributed by atoms with E-state index < -0.39 is 8.07 Å². The van der Waals surface area contributed by atoms with Crippen LogP contribution in [-0.4, -0.2) is 19.3 Å². The van der Waals surface area contributed by atoms with E-state index in [1.165, 1.54) is 18.4 Å². The van der Waals surface area contributed by atoms with Gasteiger partial charge in [-0.05, 0) is 24.8 Å². The van der Waals surface area contributed by atoms with Crippen LogP contribution in [-0.2, 0) is 0 Å². The summed E-state index contributed by atoms with van der Waals surface area (Å²) >= 11 is 0. The van der Waals surface area contributed by atoms with Gasteiger partial charge in [0.2, 0.25) is 0 Å². The molecule has 0 saturated carbocycles. The van der Waals surface area contributed by atoms with Gasteiger partial charge in [0.1, 0.15) is 0 Å². The van der Waals surface area contributed by atoms with Gasteiger partial charge in [-0.1, -0.05) is 45.6 Å². The van der Waals surface area contributed by atoms with E-state index in [2.05, 4.69) is 39.2 Å². The van der Waals surface area contributed by atoms with Gasteiger partial charge in [0.25, 0.3) is 0 Å². The molecule has 0 aliphatic heterocycles. The van der Waals surface area contributed by atoms with Crippen molar-refractivity contribution in [3.63, 3.8) is 0 Å². The van der Waals surface area contributed by atoms with Crippen molar-refractivity contribution < 1.29 is 5.11 Å². The molecule has 0 radical (unpaired) electrons. The highest BCUT2D eigenvalue weighted by Gasteiger charge is 2.14. The monoisotopic (exact) mass is 214 g/mol. The van der Waals surface area contributed by atoms with Gasteiger partial charge in [0.15, 0.2) is 0 Å². The largest absolute Gasteiger partial charge is 0.389 e. The van der Waals surface area contributed by atoms with Crippen LogP contribution in [0.4, 0.5) is 0 Å². The third kappa shape index (κ3) is 6.38. The highest BCUT2D eigenvalue weighted by molar-refractivity contribution is 6.81. The fourth-order valence-electron chi connectivity index (χ4n) is 1.53. The Morgan fingerprint density at radius 3 is 2.21 bits per heavy atom. The summed E-state index contributed by atoms with van der Waals surface area (Å²) in [5, 5.41) is 9.86. The Bertz CT molecular complexity index is 179. The Hall–Kier alpha value is -0.0831. The Balaban J connectivity index is 4.46. The quantitative estimate of drug-likeness (QED) is 0.668. The molecule has 0 spiro atoms. The minimum atomic E-state index is -1.17. The van der Waals surface area contributed by atoms with E-state index >= 15 is 0 Å². The molecule has 2 heteroatoms. The Morgan fingerprint density at radius 2 is 1.86 bits per heavy atom. The Morgan fingerprint density at radius 1 is 1.29 bits per heavy atom. The van der Waals surface area contributed by atoms with Gasteiger partial charge in [-0.2, -0.15) is 0 Å². The van der Waals surface area contributed by atoms with E-state index in [1.807, 2.05) is 0 Å². The number of hydrogen-bond donors (Lipinski definition) is 1. The summed E-state index contributed by atoms with van der Waals surface area (Å²) in [7, 11) is -1.17. The third-order valence-corrected chi connectivity index (χ3v) is 3.49. The van der Waals surface area contributed by atoms with Crippen LogP contribution >= 0.6 is 0 Å². The zero-order valence-electron chi connectivity index (χ0n) is 10.4. The standard InChI is InChI=1S/C12H26OSi/c1-6-8-9-11(12(13)7-2)10-14(3,4)5/h10,12-13H,6-9H2,1-5H3/b11-10-. The molecule has 1 unspecified atom stereocenters. The van der Waals surface area contributed by atoms with Gasteiger partial charge in [-0.15, -0.1) is 0 Å². The number of aliphatic hydroxyl groups excluding tert-OH is 1. The van der Waals surface area contributed by atoms with E-state index in [9.17, 15) is 5.11 Å². The van der Waals surface area contributed by atoms with Crippen molar-refractivity contribution in [2.75, 3.05) is 0 Å². The molecule has 0 fully saturated rings. The maximum Gasteiger partial charge on any atom is 0.0743 e. The molecule has 0 aliphatic rings. The highest BCUT2D eigenvalue weighted by atomic mass is 28.3. The van der Waals surface area contributed by atoms with Crippen LogP contribution in [0.3, 0.4) is 0 Å². The molecule has 14 heavy (non-hydrogen) atoms. The normalized spacial score (nSPS) is 15.7. The molecule has 0 rings (SSSR count). The lowest BCUT2D eigenvalue weighted by Gasteiger charge is -2.18.